The van der Waals surface area contributed by atoms with Crippen LogP contribution >= 0.6 is 15.9 Å². The van der Waals surface area contributed by atoms with Crippen LogP contribution in [-0.2, 0) is 30.8 Å². The maximum atomic E-state index is 14.4. The number of benzene rings is 3. The number of halogens is 1. The van der Waals surface area contributed by atoms with E-state index in [1.807, 2.05) is 49.4 Å². The van der Waals surface area contributed by atoms with E-state index in [-0.39, 0.29) is 18.2 Å². The van der Waals surface area contributed by atoms with Crippen molar-refractivity contribution < 1.29 is 32.1 Å². The molecule has 0 bridgehead atoms. The molecule has 40 heavy (non-hydrogen) atoms. The summed E-state index contributed by atoms with van der Waals surface area (Å²) in [5, 5.41) is 3.38. The van der Waals surface area contributed by atoms with Crippen LogP contribution in [0.4, 0.5) is 5.69 Å². The van der Waals surface area contributed by atoms with Crippen molar-refractivity contribution in [3.05, 3.63) is 82.3 Å². The van der Waals surface area contributed by atoms with Crippen LogP contribution in [0.2, 0.25) is 0 Å². The summed E-state index contributed by atoms with van der Waals surface area (Å²) in [6.45, 7) is 6.13. The quantitative estimate of drug-likeness (QED) is 0.370. The Bertz CT molecular complexity index is 1500. The van der Waals surface area contributed by atoms with Crippen molar-refractivity contribution in [2.24, 2.45) is 0 Å². The number of ether oxygens (including phenoxy) is 5. The summed E-state index contributed by atoms with van der Waals surface area (Å²) in [6.07, 6.45) is -1.95. The largest absolute Gasteiger partial charge is 0.454 e. The molecule has 212 valence electrons. The van der Waals surface area contributed by atoms with Crippen LogP contribution in [0.25, 0.3) is 0 Å². The van der Waals surface area contributed by atoms with Crippen LogP contribution in [0.3, 0.4) is 0 Å². The van der Waals surface area contributed by atoms with Gasteiger partial charge in [-0.15, -0.1) is 0 Å². The van der Waals surface area contributed by atoms with Gasteiger partial charge in [-0.1, -0.05) is 51.8 Å². The molecule has 3 aliphatic rings. The fourth-order valence-corrected chi connectivity index (χ4v) is 7.34. The number of sulfonamides is 1. The first-order valence-electron chi connectivity index (χ1n) is 13.1. The van der Waals surface area contributed by atoms with Gasteiger partial charge in [0, 0.05) is 29.3 Å². The van der Waals surface area contributed by atoms with Crippen molar-refractivity contribution in [3.8, 4) is 11.5 Å². The Morgan fingerprint density at radius 2 is 1.75 bits per heavy atom. The second-order valence-corrected chi connectivity index (χ2v) is 13.3. The summed E-state index contributed by atoms with van der Waals surface area (Å²) in [7, 11) is -3.98. The van der Waals surface area contributed by atoms with Crippen LogP contribution in [0.5, 0.6) is 11.5 Å². The van der Waals surface area contributed by atoms with Crippen molar-refractivity contribution in [1.82, 2.24) is 4.31 Å². The zero-order valence-electron chi connectivity index (χ0n) is 22.4. The zero-order valence-corrected chi connectivity index (χ0v) is 24.8. The van der Waals surface area contributed by atoms with Crippen LogP contribution in [0, 0.1) is 6.92 Å². The molecule has 3 heterocycles. The minimum Gasteiger partial charge on any atom is -0.454 e. The molecular formula is C29H31BrN2O7S. The lowest BCUT2D eigenvalue weighted by Gasteiger charge is -2.35. The molecule has 0 spiro atoms. The first-order chi connectivity index (χ1) is 19.1. The predicted octanol–water partition coefficient (Wildman–Crippen LogP) is 5.03. The van der Waals surface area contributed by atoms with E-state index < -0.39 is 40.4 Å². The van der Waals surface area contributed by atoms with Gasteiger partial charge in [0.05, 0.1) is 17.0 Å². The van der Waals surface area contributed by atoms with Gasteiger partial charge in [-0.2, -0.15) is 4.31 Å². The Balaban J connectivity index is 1.37. The van der Waals surface area contributed by atoms with E-state index in [0.29, 0.717) is 18.0 Å². The van der Waals surface area contributed by atoms with E-state index in [1.54, 1.807) is 38.1 Å². The summed E-state index contributed by atoms with van der Waals surface area (Å²) in [6, 6.07) is 19.4. The number of aryl methyl sites for hydroxylation is 1. The van der Waals surface area contributed by atoms with Crippen molar-refractivity contribution in [1.29, 1.82) is 0 Å². The molecule has 3 aromatic carbocycles. The molecule has 0 amide bonds. The molecule has 2 saturated heterocycles. The SMILES string of the molecule is Cc1ccc(S(=O)(=O)N(Cc2ccccc2Br)[C@H]2[C@H]3OC(C)(C)O[C@H]3O[C@@H]2CNc2ccc3c(c2)OCO3)cc1. The number of nitrogens with one attached hydrogen (secondary N) is 1. The summed E-state index contributed by atoms with van der Waals surface area (Å²) in [5.41, 5.74) is 2.59. The van der Waals surface area contributed by atoms with E-state index in [9.17, 15) is 8.42 Å². The molecular weight excluding hydrogens is 600 g/mol. The second-order valence-electron chi connectivity index (χ2n) is 10.5. The molecule has 4 atom stereocenters. The van der Waals surface area contributed by atoms with Gasteiger partial charge >= 0.3 is 0 Å². The highest BCUT2D eigenvalue weighted by Crippen LogP contribution is 2.42. The molecule has 0 unspecified atom stereocenters. The minimum absolute atomic E-state index is 0.110. The average Bonchev–Trinajstić information content (AvgIpc) is 3.59. The average molecular weight is 632 g/mol. The molecule has 6 rings (SSSR count). The first kappa shape index (κ1) is 27.5. The highest BCUT2D eigenvalue weighted by atomic mass is 79.9. The molecule has 0 aromatic heterocycles. The monoisotopic (exact) mass is 630 g/mol. The standard InChI is InChI=1S/C29H31BrN2O7S/c1-18-8-11-21(12-9-18)40(33,34)32(16-19-6-4-5-7-22(19)30)26-25(37-28-27(26)38-29(2,3)39-28)15-31-20-10-13-23-24(14-20)36-17-35-23/h4-14,25-28,31H,15-17H2,1-3H3/t25-,26-,27-,28-/m1/s1. The van der Waals surface area contributed by atoms with E-state index in [4.69, 9.17) is 23.7 Å². The van der Waals surface area contributed by atoms with E-state index in [0.717, 1.165) is 21.3 Å². The Kier molecular flexibility index (Phi) is 7.30. The fraction of sp³-hybridized carbons (Fsp3) is 0.379. The Hall–Kier alpha value is -2.67. The summed E-state index contributed by atoms with van der Waals surface area (Å²) >= 11 is 3.60. The minimum atomic E-state index is -3.98. The Morgan fingerprint density at radius 1 is 1.00 bits per heavy atom. The molecule has 0 saturated carbocycles. The van der Waals surface area contributed by atoms with Crippen LogP contribution in [0.1, 0.15) is 25.0 Å². The molecule has 3 aromatic rings. The first-order valence-corrected chi connectivity index (χ1v) is 15.3. The number of fused-ring (bicyclic) bond motifs is 2. The zero-order chi connectivity index (χ0) is 28.1. The third kappa shape index (κ3) is 5.34. The fourth-order valence-electron chi connectivity index (χ4n) is 5.29. The highest BCUT2D eigenvalue weighted by Gasteiger charge is 2.58. The summed E-state index contributed by atoms with van der Waals surface area (Å²) < 4.78 is 60.7. The van der Waals surface area contributed by atoms with Crippen LogP contribution in [0.15, 0.2) is 76.1 Å². The van der Waals surface area contributed by atoms with Gasteiger partial charge in [0.2, 0.25) is 16.8 Å². The third-order valence-corrected chi connectivity index (χ3v) is 9.87. The number of hydrogen-bond donors (Lipinski definition) is 1. The number of rotatable bonds is 8. The lowest BCUT2D eigenvalue weighted by Crippen LogP contribution is -2.52. The smallest absolute Gasteiger partial charge is 0.243 e. The summed E-state index contributed by atoms with van der Waals surface area (Å²) in [4.78, 5) is 0.203. The van der Waals surface area contributed by atoms with Crippen LogP contribution < -0.4 is 14.8 Å². The van der Waals surface area contributed by atoms with Gasteiger partial charge in [0.15, 0.2) is 23.6 Å². The van der Waals surface area contributed by atoms with Crippen molar-refractivity contribution in [3.63, 3.8) is 0 Å². The van der Waals surface area contributed by atoms with Gasteiger partial charge in [-0.3, -0.25) is 0 Å². The van der Waals surface area contributed by atoms with Crippen molar-refractivity contribution in [2.45, 2.75) is 62.5 Å². The predicted molar refractivity (Wildman–Crippen MR) is 152 cm³/mol. The van der Waals surface area contributed by atoms with Gasteiger partial charge in [-0.25, -0.2) is 8.42 Å². The lowest BCUT2D eigenvalue weighted by molar-refractivity contribution is -0.207. The molecule has 11 heteroatoms. The third-order valence-electron chi connectivity index (χ3n) is 7.24. The normalized spacial score (nSPS) is 24.8. The van der Waals surface area contributed by atoms with Crippen molar-refractivity contribution >= 4 is 31.6 Å². The number of anilines is 1. The highest BCUT2D eigenvalue weighted by molar-refractivity contribution is 9.10. The van der Waals surface area contributed by atoms with Gasteiger partial charge in [0.25, 0.3) is 0 Å². The number of nitrogens with zero attached hydrogens (tertiary/aromatic N) is 1. The second kappa shape index (κ2) is 10.6. The Morgan fingerprint density at radius 3 is 2.52 bits per heavy atom. The maximum absolute atomic E-state index is 14.4. The van der Waals surface area contributed by atoms with E-state index in [1.165, 1.54) is 4.31 Å². The van der Waals surface area contributed by atoms with E-state index in [2.05, 4.69) is 21.2 Å². The van der Waals surface area contributed by atoms with E-state index >= 15 is 0 Å². The molecule has 1 N–H and O–H groups in total. The molecule has 0 radical (unpaired) electrons. The summed E-state index contributed by atoms with van der Waals surface area (Å²) in [5.74, 6) is 0.412. The molecule has 9 nitrogen and oxygen atoms in total. The molecule has 2 fully saturated rings. The number of hydrogen-bond acceptors (Lipinski definition) is 8. The van der Waals surface area contributed by atoms with Crippen LogP contribution in [-0.4, -0.2) is 56.4 Å². The molecule has 3 aliphatic heterocycles. The van der Waals surface area contributed by atoms with Crippen molar-refractivity contribution in [2.75, 3.05) is 18.7 Å². The maximum Gasteiger partial charge on any atom is 0.243 e. The topological polar surface area (TPSA) is 95.6 Å². The lowest BCUT2D eigenvalue weighted by atomic mass is 10.1. The van der Waals surface area contributed by atoms with Gasteiger partial charge in [-0.05, 0) is 56.7 Å². The Labute approximate surface area is 242 Å². The molecule has 0 aliphatic carbocycles. The van der Waals surface area contributed by atoms with Gasteiger partial charge in [0.1, 0.15) is 6.10 Å². The van der Waals surface area contributed by atoms with Gasteiger partial charge < -0.3 is 29.0 Å².